The molecular formula is C15H30N4O. The van der Waals surface area contributed by atoms with Gasteiger partial charge in [0, 0.05) is 25.3 Å². The van der Waals surface area contributed by atoms with Crippen molar-refractivity contribution < 1.29 is 4.74 Å². The van der Waals surface area contributed by atoms with E-state index in [0.717, 1.165) is 25.0 Å². The zero-order valence-electron chi connectivity index (χ0n) is 13.5. The van der Waals surface area contributed by atoms with Crippen molar-refractivity contribution in [1.29, 1.82) is 0 Å². The fourth-order valence-electron chi connectivity index (χ4n) is 2.71. The number of ether oxygens (including phenoxy) is 1. The first-order chi connectivity index (χ1) is 9.52. The monoisotopic (exact) mass is 282 g/mol. The van der Waals surface area contributed by atoms with E-state index in [0.29, 0.717) is 12.6 Å². The Morgan fingerprint density at radius 3 is 2.40 bits per heavy atom. The van der Waals surface area contributed by atoms with Crippen LogP contribution in [0.3, 0.4) is 0 Å². The molecule has 1 rings (SSSR count). The molecule has 116 valence electrons. The predicted molar refractivity (Wildman–Crippen MR) is 82.4 cm³/mol. The highest BCUT2D eigenvalue weighted by Gasteiger charge is 2.36. The van der Waals surface area contributed by atoms with Gasteiger partial charge in [-0.15, -0.1) is 0 Å². The first kappa shape index (κ1) is 17.1. The van der Waals surface area contributed by atoms with Crippen molar-refractivity contribution in [2.24, 2.45) is 5.84 Å². The number of hydrazine groups is 1. The third-order valence-corrected chi connectivity index (χ3v) is 4.07. The van der Waals surface area contributed by atoms with Crippen LogP contribution in [-0.2, 0) is 11.2 Å². The number of hydrogen-bond donors (Lipinski definition) is 2. The van der Waals surface area contributed by atoms with Crippen LogP contribution in [0.2, 0.25) is 0 Å². The molecule has 5 heteroatoms. The number of nitrogens with one attached hydrogen (secondary N) is 1. The minimum absolute atomic E-state index is 0.0629. The second kappa shape index (κ2) is 7.76. The largest absolute Gasteiger partial charge is 0.374 e. The average Bonchev–Trinajstić information content (AvgIpc) is 2.91. The molecule has 1 heterocycles. The molecule has 0 saturated carbocycles. The van der Waals surface area contributed by atoms with E-state index in [1.54, 1.807) is 0 Å². The second-order valence-electron chi connectivity index (χ2n) is 5.51. The summed E-state index contributed by atoms with van der Waals surface area (Å²) >= 11 is 0. The Morgan fingerprint density at radius 2 is 2.00 bits per heavy atom. The molecule has 3 N–H and O–H groups in total. The molecule has 0 spiro atoms. The van der Waals surface area contributed by atoms with Gasteiger partial charge in [0.25, 0.3) is 0 Å². The lowest BCUT2D eigenvalue weighted by Gasteiger charge is -2.38. The third kappa shape index (κ3) is 3.81. The number of rotatable bonds is 9. The number of aromatic nitrogens is 2. The maximum atomic E-state index is 6.03. The second-order valence-corrected chi connectivity index (χ2v) is 5.51. The van der Waals surface area contributed by atoms with Crippen LogP contribution in [0.1, 0.15) is 59.2 Å². The lowest BCUT2D eigenvalue weighted by atomic mass is 9.85. The first-order valence-corrected chi connectivity index (χ1v) is 7.67. The molecule has 20 heavy (non-hydrogen) atoms. The minimum atomic E-state index is -0.231. The number of nitrogens with zero attached hydrogens (tertiary/aromatic N) is 2. The van der Waals surface area contributed by atoms with Crippen LogP contribution in [0, 0.1) is 0 Å². The van der Waals surface area contributed by atoms with Gasteiger partial charge in [0.15, 0.2) is 0 Å². The van der Waals surface area contributed by atoms with E-state index in [1.807, 2.05) is 17.8 Å². The van der Waals surface area contributed by atoms with E-state index >= 15 is 0 Å². The molecule has 1 aromatic rings. The average molecular weight is 282 g/mol. The highest BCUT2D eigenvalue weighted by atomic mass is 16.5. The van der Waals surface area contributed by atoms with Crippen LogP contribution >= 0.6 is 0 Å². The molecule has 0 aliphatic rings. The number of hydrogen-bond acceptors (Lipinski definition) is 4. The molecular weight excluding hydrogens is 252 g/mol. The molecule has 0 amide bonds. The van der Waals surface area contributed by atoms with Gasteiger partial charge in [0.05, 0.1) is 17.3 Å². The van der Waals surface area contributed by atoms with Gasteiger partial charge in [-0.1, -0.05) is 13.8 Å². The van der Waals surface area contributed by atoms with Crippen LogP contribution in [0.25, 0.3) is 0 Å². The summed E-state index contributed by atoms with van der Waals surface area (Å²) in [6, 6.07) is 2.50. The van der Waals surface area contributed by atoms with Crippen molar-refractivity contribution >= 4 is 0 Å². The van der Waals surface area contributed by atoms with Crippen LogP contribution in [0.5, 0.6) is 0 Å². The smallest absolute Gasteiger partial charge is 0.0846 e. The molecule has 1 aromatic heterocycles. The van der Waals surface area contributed by atoms with Gasteiger partial charge in [-0.3, -0.25) is 16.0 Å². The Kier molecular flexibility index (Phi) is 6.65. The van der Waals surface area contributed by atoms with E-state index in [-0.39, 0.29) is 11.6 Å². The summed E-state index contributed by atoms with van der Waals surface area (Å²) in [5.41, 5.74) is 3.76. The highest BCUT2D eigenvalue weighted by Crippen LogP contribution is 2.27. The fraction of sp³-hybridized carbons (Fsp3) is 0.800. The summed E-state index contributed by atoms with van der Waals surface area (Å²) in [6.45, 7) is 11.3. The van der Waals surface area contributed by atoms with Crippen molar-refractivity contribution in [3.63, 3.8) is 0 Å². The molecule has 0 radical (unpaired) electrons. The van der Waals surface area contributed by atoms with Gasteiger partial charge in [-0.2, -0.15) is 5.10 Å². The molecule has 0 fully saturated rings. The van der Waals surface area contributed by atoms with Crippen LogP contribution in [-0.4, -0.2) is 28.0 Å². The topological polar surface area (TPSA) is 65.1 Å². The Morgan fingerprint density at radius 1 is 1.35 bits per heavy atom. The van der Waals surface area contributed by atoms with Gasteiger partial charge in [0.1, 0.15) is 0 Å². The molecule has 5 nitrogen and oxygen atoms in total. The van der Waals surface area contributed by atoms with Crippen LogP contribution in [0.4, 0.5) is 0 Å². The highest BCUT2D eigenvalue weighted by molar-refractivity contribution is 5.06. The molecule has 0 aliphatic carbocycles. The zero-order valence-corrected chi connectivity index (χ0v) is 13.5. The summed E-state index contributed by atoms with van der Waals surface area (Å²) < 4.78 is 8.01. The van der Waals surface area contributed by atoms with Crippen molar-refractivity contribution in [3.8, 4) is 0 Å². The van der Waals surface area contributed by atoms with Crippen molar-refractivity contribution in [2.45, 2.75) is 71.6 Å². The maximum Gasteiger partial charge on any atom is 0.0846 e. The normalized spacial score (nSPS) is 13.9. The summed E-state index contributed by atoms with van der Waals surface area (Å²) in [7, 11) is 0. The minimum Gasteiger partial charge on any atom is -0.374 e. The summed E-state index contributed by atoms with van der Waals surface area (Å²) in [4.78, 5) is 0. The summed E-state index contributed by atoms with van der Waals surface area (Å²) in [5, 5.41) is 4.61. The van der Waals surface area contributed by atoms with Gasteiger partial charge in [-0.25, -0.2) is 0 Å². The zero-order chi connectivity index (χ0) is 15.2. The Bertz CT molecular complexity index is 385. The SMILES string of the molecule is CCOC(CC)(CC)C(Cc1ccn(C(C)C)n1)NN. The lowest BCUT2D eigenvalue weighted by Crippen LogP contribution is -2.55. The molecule has 0 saturated heterocycles. The maximum absolute atomic E-state index is 6.03. The third-order valence-electron chi connectivity index (χ3n) is 4.07. The summed E-state index contributed by atoms with van der Waals surface area (Å²) in [6.07, 6.45) is 4.65. The fourth-order valence-corrected chi connectivity index (χ4v) is 2.71. The molecule has 1 atom stereocenters. The first-order valence-electron chi connectivity index (χ1n) is 7.67. The number of nitrogens with two attached hydrogens (primary N) is 1. The van der Waals surface area contributed by atoms with Gasteiger partial charge in [-0.05, 0) is 39.7 Å². The lowest BCUT2D eigenvalue weighted by molar-refractivity contribution is -0.0721. The van der Waals surface area contributed by atoms with E-state index in [9.17, 15) is 0 Å². The van der Waals surface area contributed by atoms with Crippen molar-refractivity contribution in [3.05, 3.63) is 18.0 Å². The molecule has 0 bridgehead atoms. The van der Waals surface area contributed by atoms with E-state index in [2.05, 4.69) is 44.3 Å². The van der Waals surface area contributed by atoms with E-state index in [4.69, 9.17) is 10.6 Å². The Hall–Kier alpha value is -0.910. The van der Waals surface area contributed by atoms with Gasteiger partial charge in [0.2, 0.25) is 0 Å². The van der Waals surface area contributed by atoms with Crippen molar-refractivity contribution in [1.82, 2.24) is 15.2 Å². The van der Waals surface area contributed by atoms with Crippen molar-refractivity contribution in [2.75, 3.05) is 6.61 Å². The van der Waals surface area contributed by atoms with Gasteiger partial charge < -0.3 is 4.74 Å². The molecule has 0 aliphatic heterocycles. The molecule has 0 aromatic carbocycles. The predicted octanol–water partition coefficient (Wildman–Crippen LogP) is 2.43. The Balaban J connectivity index is 2.87. The van der Waals surface area contributed by atoms with E-state index in [1.165, 1.54) is 0 Å². The van der Waals surface area contributed by atoms with Gasteiger partial charge >= 0.3 is 0 Å². The Labute approximate surface area is 122 Å². The van der Waals surface area contributed by atoms with E-state index < -0.39 is 0 Å². The standard InChI is InChI=1S/C15H30N4O/c1-6-15(7-2,20-8-3)14(17-16)11-13-9-10-19(18-13)12(4)5/h9-10,12,14,17H,6-8,11,16H2,1-5H3. The summed E-state index contributed by atoms with van der Waals surface area (Å²) in [5.74, 6) is 5.79. The molecule has 1 unspecified atom stereocenters. The van der Waals surface area contributed by atoms with Crippen LogP contribution < -0.4 is 11.3 Å². The van der Waals surface area contributed by atoms with Crippen LogP contribution in [0.15, 0.2) is 12.3 Å². The quantitative estimate of drug-likeness (QED) is 0.539.